The number of aromatic nitrogens is 2. The molecule has 3 aromatic rings. The lowest BCUT2D eigenvalue weighted by Crippen LogP contribution is -2.40. The number of primary amides is 1. The van der Waals surface area contributed by atoms with E-state index in [2.05, 4.69) is 20.4 Å². The van der Waals surface area contributed by atoms with Gasteiger partial charge in [-0.2, -0.15) is 5.10 Å². The van der Waals surface area contributed by atoms with E-state index in [9.17, 15) is 9.59 Å². The fourth-order valence-corrected chi connectivity index (χ4v) is 4.02. The standard InChI is InChI=1S/C24H27N5O2/c25-23(30)19-9-5-11-29(16-19)15-18-8-4-10-20(13-18)26-24(31)22-14-21(27-28-22)12-17-6-2-1-3-7-17/h1-4,6-8,10,13-14,19H,5,9,11-12,15-16H2,(H2,25,30)(H,26,31)(H,27,28). The average Bonchev–Trinajstić information content (AvgIpc) is 3.23. The van der Waals surface area contributed by atoms with Gasteiger partial charge in [0.15, 0.2) is 5.69 Å². The lowest BCUT2D eigenvalue weighted by molar-refractivity contribution is -0.123. The molecule has 0 spiro atoms. The summed E-state index contributed by atoms with van der Waals surface area (Å²) < 4.78 is 0. The van der Waals surface area contributed by atoms with E-state index in [0.717, 1.165) is 48.4 Å². The van der Waals surface area contributed by atoms with Crippen LogP contribution < -0.4 is 11.1 Å². The molecule has 2 aromatic carbocycles. The first kappa shape index (κ1) is 20.8. The highest BCUT2D eigenvalue weighted by Crippen LogP contribution is 2.20. The molecule has 4 rings (SSSR count). The number of likely N-dealkylation sites (tertiary alicyclic amines) is 1. The zero-order chi connectivity index (χ0) is 21.6. The highest BCUT2D eigenvalue weighted by Gasteiger charge is 2.23. The Morgan fingerprint density at radius 3 is 2.71 bits per heavy atom. The van der Waals surface area contributed by atoms with E-state index in [4.69, 9.17) is 5.73 Å². The van der Waals surface area contributed by atoms with Crippen LogP contribution in [0.1, 0.15) is 40.2 Å². The molecular weight excluding hydrogens is 390 g/mol. The van der Waals surface area contributed by atoms with Crippen molar-refractivity contribution in [2.75, 3.05) is 18.4 Å². The van der Waals surface area contributed by atoms with E-state index in [1.54, 1.807) is 6.07 Å². The molecule has 1 aromatic heterocycles. The number of aromatic amines is 1. The maximum Gasteiger partial charge on any atom is 0.276 e. The van der Waals surface area contributed by atoms with Crippen molar-refractivity contribution in [2.45, 2.75) is 25.8 Å². The Morgan fingerprint density at radius 1 is 1.10 bits per heavy atom. The molecule has 0 bridgehead atoms. The van der Waals surface area contributed by atoms with Crippen LogP contribution >= 0.6 is 0 Å². The number of hydrogen-bond donors (Lipinski definition) is 3. The predicted molar refractivity (Wildman–Crippen MR) is 119 cm³/mol. The average molecular weight is 418 g/mol. The Hall–Kier alpha value is -3.45. The van der Waals surface area contributed by atoms with Crippen LogP contribution in [0.2, 0.25) is 0 Å². The Bertz CT molecular complexity index is 1050. The molecule has 1 unspecified atom stereocenters. The Labute approximate surface area is 181 Å². The summed E-state index contributed by atoms with van der Waals surface area (Å²) in [4.78, 5) is 26.4. The molecule has 0 aliphatic carbocycles. The lowest BCUT2D eigenvalue weighted by atomic mass is 9.97. The van der Waals surface area contributed by atoms with Gasteiger partial charge in [0.25, 0.3) is 5.91 Å². The molecule has 1 saturated heterocycles. The van der Waals surface area contributed by atoms with Crippen LogP contribution in [-0.4, -0.2) is 40.0 Å². The Morgan fingerprint density at radius 2 is 1.90 bits per heavy atom. The number of rotatable bonds is 7. The van der Waals surface area contributed by atoms with Gasteiger partial charge >= 0.3 is 0 Å². The Balaban J connectivity index is 1.36. The van der Waals surface area contributed by atoms with Gasteiger partial charge in [-0.15, -0.1) is 0 Å². The summed E-state index contributed by atoms with van der Waals surface area (Å²) in [5, 5.41) is 10.0. The van der Waals surface area contributed by atoms with Crippen molar-refractivity contribution in [3.8, 4) is 0 Å². The number of H-pyrrole nitrogens is 1. The molecular formula is C24H27N5O2. The van der Waals surface area contributed by atoms with Gasteiger partial charge in [0, 0.05) is 30.9 Å². The molecule has 7 nitrogen and oxygen atoms in total. The summed E-state index contributed by atoms with van der Waals surface area (Å²) in [5.74, 6) is -0.558. The van der Waals surface area contributed by atoms with Gasteiger partial charge in [0.1, 0.15) is 0 Å². The summed E-state index contributed by atoms with van der Waals surface area (Å²) in [7, 11) is 0. The third-order valence-corrected chi connectivity index (χ3v) is 5.60. The molecule has 1 aliphatic heterocycles. The summed E-state index contributed by atoms with van der Waals surface area (Å²) in [5.41, 5.74) is 9.68. The Kier molecular flexibility index (Phi) is 6.43. The number of carbonyl (C=O) groups is 2. The topological polar surface area (TPSA) is 104 Å². The highest BCUT2D eigenvalue weighted by atomic mass is 16.2. The van der Waals surface area contributed by atoms with E-state index >= 15 is 0 Å². The monoisotopic (exact) mass is 417 g/mol. The lowest BCUT2D eigenvalue weighted by Gasteiger charge is -2.31. The van der Waals surface area contributed by atoms with Crippen LogP contribution in [0, 0.1) is 5.92 Å². The van der Waals surface area contributed by atoms with Gasteiger partial charge in [-0.3, -0.25) is 19.6 Å². The van der Waals surface area contributed by atoms with Crippen LogP contribution in [0.4, 0.5) is 5.69 Å². The fraction of sp³-hybridized carbons (Fsp3) is 0.292. The smallest absolute Gasteiger partial charge is 0.276 e. The molecule has 160 valence electrons. The van der Waals surface area contributed by atoms with Gasteiger partial charge in [-0.05, 0) is 48.7 Å². The summed E-state index contributed by atoms with van der Waals surface area (Å²) in [6.07, 6.45) is 2.52. The second-order valence-electron chi connectivity index (χ2n) is 8.07. The van der Waals surface area contributed by atoms with Crippen LogP contribution in [-0.2, 0) is 17.8 Å². The van der Waals surface area contributed by atoms with Gasteiger partial charge in [0.05, 0.1) is 5.92 Å². The molecule has 2 heterocycles. The highest BCUT2D eigenvalue weighted by molar-refractivity contribution is 6.02. The van der Waals surface area contributed by atoms with E-state index in [0.29, 0.717) is 18.7 Å². The number of benzene rings is 2. The number of amides is 2. The number of nitrogens with zero attached hydrogens (tertiary/aromatic N) is 2. The number of anilines is 1. The summed E-state index contributed by atoms with van der Waals surface area (Å²) in [6.45, 7) is 2.35. The number of piperidine rings is 1. The van der Waals surface area contributed by atoms with Gasteiger partial charge < -0.3 is 11.1 Å². The summed E-state index contributed by atoms with van der Waals surface area (Å²) >= 11 is 0. The first-order valence-electron chi connectivity index (χ1n) is 10.6. The second kappa shape index (κ2) is 9.57. The van der Waals surface area contributed by atoms with Crippen molar-refractivity contribution in [3.05, 3.63) is 83.2 Å². The van der Waals surface area contributed by atoms with Crippen molar-refractivity contribution in [1.82, 2.24) is 15.1 Å². The number of nitrogens with two attached hydrogens (primary N) is 1. The normalized spacial score (nSPS) is 16.7. The van der Waals surface area contributed by atoms with Gasteiger partial charge in [-0.25, -0.2) is 0 Å². The third-order valence-electron chi connectivity index (χ3n) is 5.60. The number of carbonyl (C=O) groups excluding carboxylic acids is 2. The molecule has 4 N–H and O–H groups in total. The van der Waals surface area contributed by atoms with E-state index in [-0.39, 0.29) is 17.7 Å². The summed E-state index contributed by atoms with van der Waals surface area (Å²) in [6, 6.07) is 19.6. The largest absolute Gasteiger partial charge is 0.369 e. The molecule has 7 heteroatoms. The minimum atomic E-state index is -0.250. The van der Waals surface area contributed by atoms with Crippen molar-refractivity contribution in [2.24, 2.45) is 11.7 Å². The van der Waals surface area contributed by atoms with Gasteiger partial charge in [-0.1, -0.05) is 42.5 Å². The SMILES string of the molecule is NC(=O)C1CCCN(Cc2cccc(NC(=O)c3cc(Cc4ccccc4)[nH]n3)c2)C1. The van der Waals surface area contributed by atoms with Gasteiger partial charge in [0.2, 0.25) is 5.91 Å². The third kappa shape index (κ3) is 5.58. The predicted octanol–water partition coefficient (Wildman–Crippen LogP) is 2.95. The minimum absolute atomic E-state index is 0.0821. The minimum Gasteiger partial charge on any atom is -0.369 e. The van der Waals surface area contributed by atoms with Crippen molar-refractivity contribution >= 4 is 17.5 Å². The zero-order valence-electron chi connectivity index (χ0n) is 17.4. The molecule has 1 atom stereocenters. The van der Waals surface area contributed by atoms with Crippen molar-refractivity contribution < 1.29 is 9.59 Å². The van der Waals surface area contributed by atoms with E-state index < -0.39 is 0 Å². The molecule has 31 heavy (non-hydrogen) atoms. The molecule has 0 saturated carbocycles. The van der Waals surface area contributed by atoms with E-state index in [1.807, 2.05) is 54.6 Å². The van der Waals surface area contributed by atoms with Crippen molar-refractivity contribution in [1.29, 1.82) is 0 Å². The second-order valence-corrected chi connectivity index (χ2v) is 8.07. The maximum atomic E-state index is 12.6. The number of hydrogen-bond acceptors (Lipinski definition) is 4. The quantitative estimate of drug-likeness (QED) is 0.550. The molecule has 1 aliphatic rings. The van der Waals surface area contributed by atoms with E-state index in [1.165, 1.54) is 0 Å². The zero-order valence-corrected chi connectivity index (χ0v) is 17.4. The van der Waals surface area contributed by atoms with Crippen LogP contribution in [0.25, 0.3) is 0 Å². The molecule has 1 fully saturated rings. The first-order valence-corrected chi connectivity index (χ1v) is 10.6. The molecule has 0 radical (unpaired) electrons. The maximum absolute atomic E-state index is 12.6. The first-order chi connectivity index (χ1) is 15.1. The van der Waals surface area contributed by atoms with Crippen LogP contribution in [0.3, 0.4) is 0 Å². The number of nitrogens with one attached hydrogen (secondary N) is 2. The fourth-order valence-electron chi connectivity index (χ4n) is 4.02. The van der Waals surface area contributed by atoms with Crippen LogP contribution in [0.5, 0.6) is 0 Å². The molecule has 2 amide bonds. The van der Waals surface area contributed by atoms with Crippen molar-refractivity contribution in [3.63, 3.8) is 0 Å². The van der Waals surface area contributed by atoms with Crippen LogP contribution in [0.15, 0.2) is 60.7 Å².